The SMILES string of the molecule is COc1ccc(N(CC(=O)c2ccc([N+](=O)[O-])cc2)C2=NCCCS2)cc1. The van der Waals surface area contributed by atoms with Gasteiger partial charge in [-0.2, -0.15) is 0 Å². The van der Waals surface area contributed by atoms with E-state index in [1.54, 1.807) is 18.9 Å². The van der Waals surface area contributed by atoms with Crippen LogP contribution in [0.2, 0.25) is 0 Å². The van der Waals surface area contributed by atoms with Gasteiger partial charge in [-0.3, -0.25) is 19.9 Å². The van der Waals surface area contributed by atoms with Gasteiger partial charge in [0.2, 0.25) is 0 Å². The fourth-order valence-electron chi connectivity index (χ4n) is 2.65. The average molecular weight is 385 g/mol. The van der Waals surface area contributed by atoms with E-state index in [9.17, 15) is 14.9 Å². The van der Waals surface area contributed by atoms with Gasteiger partial charge in [0.1, 0.15) is 5.75 Å². The molecule has 7 nitrogen and oxygen atoms in total. The molecule has 0 atom stereocenters. The first-order valence-electron chi connectivity index (χ1n) is 8.45. The summed E-state index contributed by atoms with van der Waals surface area (Å²) in [6.07, 6.45) is 1.01. The summed E-state index contributed by atoms with van der Waals surface area (Å²) in [7, 11) is 1.60. The summed E-state index contributed by atoms with van der Waals surface area (Å²) in [6, 6.07) is 13.1. The number of ketones is 1. The van der Waals surface area contributed by atoms with Crippen molar-refractivity contribution >= 4 is 34.1 Å². The summed E-state index contributed by atoms with van der Waals surface area (Å²) in [5.74, 6) is 1.56. The Morgan fingerprint density at radius 2 is 1.93 bits per heavy atom. The van der Waals surface area contributed by atoms with Gasteiger partial charge >= 0.3 is 0 Å². The first kappa shape index (κ1) is 18.9. The standard InChI is InChI=1S/C19H19N3O4S/c1-26-17-9-7-15(8-10-17)21(19-20-11-2-12-27-19)13-18(23)14-3-5-16(6-4-14)22(24)25/h3-10H,2,11-13H2,1H3. The topological polar surface area (TPSA) is 85.0 Å². The van der Waals surface area contributed by atoms with Crippen molar-refractivity contribution in [3.05, 3.63) is 64.2 Å². The van der Waals surface area contributed by atoms with Gasteiger partial charge in [-0.1, -0.05) is 11.8 Å². The maximum Gasteiger partial charge on any atom is 0.269 e. The first-order valence-corrected chi connectivity index (χ1v) is 9.43. The van der Waals surface area contributed by atoms with Crippen LogP contribution in [0, 0.1) is 10.1 Å². The highest BCUT2D eigenvalue weighted by Gasteiger charge is 2.21. The molecule has 1 aliphatic rings. The van der Waals surface area contributed by atoms with Crippen LogP contribution in [0.5, 0.6) is 5.75 Å². The van der Waals surface area contributed by atoms with Crippen LogP contribution in [-0.4, -0.2) is 41.8 Å². The third-order valence-electron chi connectivity index (χ3n) is 4.10. The molecular formula is C19H19N3O4S. The van der Waals surface area contributed by atoms with Gasteiger partial charge in [-0.05, 0) is 42.8 Å². The third kappa shape index (κ3) is 4.65. The number of hydrogen-bond acceptors (Lipinski definition) is 7. The lowest BCUT2D eigenvalue weighted by atomic mass is 10.1. The summed E-state index contributed by atoms with van der Waals surface area (Å²) in [6.45, 7) is 0.844. The third-order valence-corrected chi connectivity index (χ3v) is 5.20. The minimum atomic E-state index is -0.481. The van der Waals surface area contributed by atoms with Crippen LogP contribution >= 0.6 is 11.8 Å². The summed E-state index contributed by atoms with van der Waals surface area (Å²) < 4.78 is 5.20. The number of hydrogen-bond donors (Lipinski definition) is 0. The summed E-state index contributed by atoms with van der Waals surface area (Å²) in [5.41, 5.74) is 1.24. The molecule has 0 radical (unpaired) electrons. The molecule has 0 aromatic heterocycles. The van der Waals surface area contributed by atoms with Crippen molar-refractivity contribution in [2.45, 2.75) is 6.42 Å². The molecule has 0 fully saturated rings. The molecule has 0 N–H and O–H groups in total. The quantitative estimate of drug-likeness (QED) is 0.427. The minimum absolute atomic E-state index is 0.0363. The molecule has 27 heavy (non-hydrogen) atoms. The fraction of sp³-hybridized carbons (Fsp3) is 0.263. The molecule has 0 spiro atoms. The van der Waals surface area contributed by atoms with Crippen molar-refractivity contribution in [1.29, 1.82) is 0 Å². The molecule has 0 saturated carbocycles. The molecular weight excluding hydrogens is 366 g/mol. The van der Waals surface area contributed by atoms with E-state index in [-0.39, 0.29) is 18.0 Å². The number of thioether (sulfide) groups is 1. The Hall–Kier alpha value is -2.87. The van der Waals surface area contributed by atoms with Crippen LogP contribution in [0.1, 0.15) is 16.8 Å². The van der Waals surface area contributed by atoms with Gasteiger partial charge < -0.3 is 9.64 Å². The van der Waals surface area contributed by atoms with Gasteiger partial charge in [-0.25, -0.2) is 0 Å². The molecule has 0 unspecified atom stereocenters. The van der Waals surface area contributed by atoms with Crippen molar-refractivity contribution in [2.24, 2.45) is 4.99 Å². The Morgan fingerprint density at radius 1 is 1.22 bits per heavy atom. The van der Waals surface area contributed by atoms with Crippen LogP contribution in [0.15, 0.2) is 53.5 Å². The number of ether oxygens (including phenoxy) is 1. The summed E-state index contributed by atoms with van der Waals surface area (Å²) in [4.78, 5) is 29.5. The van der Waals surface area contributed by atoms with E-state index in [0.29, 0.717) is 5.56 Å². The van der Waals surface area contributed by atoms with Crippen LogP contribution in [0.4, 0.5) is 11.4 Å². The largest absolute Gasteiger partial charge is 0.497 e. The van der Waals surface area contributed by atoms with Gasteiger partial charge in [0.15, 0.2) is 11.0 Å². The van der Waals surface area contributed by atoms with Crippen LogP contribution in [0.3, 0.4) is 0 Å². The predicted molar refractivity (Wildman–Crippen MR) is 107 cm³/mol. The van der Waals surface area contributed by atoms with Gasteiger partial charge in [-0.15, -0.1) is 0 Å². The smallest absolute Gasteiger partial charge is 0.269 e. The van der Waals surface area contributed by atoms with E-state index in [0.717, 1.165) is 35.3 Å². The molecule has 2 aromatic rings. The van der Waals surface area contributed by atoms with Crippen molar-refractivity contribution in [3.8, 4) is 5.75 Å². The molecule has 2 aromatic carbocycles. The number of nitro groups is 1. The van der Waals surface area contributed by atoms with Crippen molar-refractivity contribution in [2.75, 3.05) is 30.9 Å². The zero-order valence-electron chi connectivity index (χ0n) is 14.8. The number of rotatable bonds is 6. The zero-order valence-corrected chi connectivity index (χ0v) is 15.6. The summed E-state index contributed by atoms with van der Waals surface area (Å²) >= 11 is 1.62. The second-order valence-electron chi connectivity index (χ2n) is 5.88. The monoisotopic (exact) mass is 385 g/mol. The summed E-state index contributed by atoms with van der Waals surface area (Å²) in [5, 5.41) is 11.6. The van der Waals surface area contributed by atoms with Crippen molar-refractivity contribution in [1.82, 2.24) is 0 Å². The number of nitro benzene ring substituents is 1. The maximum atomic E-state index is 12.8. The van der Waals surface area contributed by atoms with Crippen LogP contribution in [0.25, 0.3) is 0 Å². The average Bonchev–Trinajstić information content (AvgIpc) is 2.72. The molecule has 1 aliphatic heterocycles. The highest BCUT2D eigenvalue weighted by molar-refractivity contribution is 8.14. The lowest BCUT2D eigenvalue weighted by Crippen LogP contribution is -2.35. The van der Waals surface area contributed by atoms with Crippen LogP contribution in [-0.2, 0) is 0 Å². The van der Waals surface area contributed by atoms with Crippen molar-refractivity contribution < 1.29 is 14.5 Å². The second-order valence-corrected chi connectivity index (χ2v) is 6.94. The van der Waals surface area contributed by atoms with E-state index in [1.165, 1.54) is 24.3 Å². The maximum absolute atomic E-state index is 12.8. The number of non-ortho nitro benzene ring substituents is 1. The highest BCUT2D eigenvalue weighted by atomic mass is 32.2. The normalized spacial score (nSPS) is 13.6. The zero-order chi connectivity index (χ0) is 19.2. The van der Waals surface area contributed by atoms with E-state index in [4.69, 9.17) is 4.74 Å². The number of carbonyl (C=O) groups excluding carboxylic acids is 1. The van der Waals surface area contributed by atoms with Gasteiger partial charge in [0.25, 0.3) is 5.69 Å². The molecule has 0 bridgehead atoms. The number of methoxy groups -OCH3 is 1. The van der Waals surface area contributed by atoms with Gasteiger partial charge in [0, 0.05) is 35.7 Å². The molecule has 0 aliphatic carbocycles. The fourth-order valence-corrected chi connectivity index (χ4v) is 3.61. The lowest BCUT2D eigenvalue weighted by Gasteiger charge is -2.27. The molecule has 8 heteroatoms. The number of carbonyl (C=O) groups is 1. The Morgan fingerprint density at radius 3 is 2.48 bits per heavy atom. The number of benzene rings is 2. The molecule has 0 saturated heterocycles. The van der Waals surface area contributed by atoms with Crippen molar-refractivity contribution in [3.63, 3.8) is 0 Å². The second kappa shape index (κ2) is 8.68. The minimum Gasteiger partial charge on any atom is -0.497 e. The van der Waals surface area contributed by atoms with E-state index >= 15 is 0 Å². The number of amidine groups is 1. The molecule has 1 heterocycles. The number of aliphatic imine (C=N–C) groups is 1. The number of anilines is 1. The highest BCUT2D eigenvalue weighted by Crippen LogP contribution is 2.25. The number of Topliss-reactive ketones (excluding diaryl/α,β-unsaturated/α-hetero) is 1. The Bertz CT molecular complexity index is 850. The Kier molecular flexibility index (Phi) is 6.08. The number of nitrogens with zero attached hydrogens (tertiary/aromatic N) is 3. The van der Waals surface area contributed by atoms with Gasteiger partial charge in [0.05, 0.1) is 18.6 Å². The Labute approximate surface area is 161 Å². The first-order chi connectivity index (χ1) is 13.1. The molecule has 0 amide bonds. The molecule has 3 rings (SSSR count). The Balaban J connectivity index is 1.84. The lowest BCUT2D eigenvalue weighted by molar-refractivity contribution is -0.384. The predicted octanol–water partition coefficient (Wildman–Crippen LogP) is 3.79. The van der Waals surface area contributed by atoms with E-state index in [1.807, 2.05) is 29.2 Å². The van der Waals surface area contributed by atoms with E-state index in [2.05, 4.69) is 4.99 Å². The van der Waals surface area contributed by atoms with E-state index < -0.39 is 4.92 Å². The molecule has 140 valence electrons. The van der Waals surface area contributed by atoms with Crippen LogP contribution < -0.4 is 9.64 Å².